The maximum atomic E-state index is 13.5. The summed E-state index contributed by atoms with van der Waals surface area (Å²) < 4.78 is 13.5. The van der Waals surface area contributed by atoms with E-state index in [9.17, 15) is 14.0 Å². The van der Waals surface area contributed by atoms with E-state index in [2.05, 4.69) is 5.32 Å². The fourth-order valence-electron chi connectivity index (χ4n) is 3.92. The number of likely N-dealkylation sites (tertiary alicyclic amines) is 1. The minimum absolute atomic E-state index is 0.109. The standard InChI is InChI=1S/C20H19ClFN3O2/c1-24-17-7-6-13(22)12-15(17)18(26)23-20(24)8-10-25(11-9-20)19(27)14-4-2-3-5-16(14)21/h2-7,12H,8-11H2,1H3,(H,23,26). The zero-order valence-corrected chi connectivity index (χ0v) is 15.6. The summed E-state index contributed by atoms with van der Waals surface area (Å²) in [6.07, 6.45) is 1.14. The molecule has 5 nitrogen and oxygen atoms in total. The van der Waals surface area contributed by atoms with Gasteiger partial charge in [0.2, 0.25) is 0 Å². The Kier molecular flexibility index (Phi) is 4.30. The average Bonchev–Trinajstić information content (AvgIpc) is 2.67. The number of hydrogen-bond donors (Lipinski definition) is 1. The molecule has 140 valence electrons. The number of carbonyl (C=O) groups is 2. The molecule has 1 saturated heterocycles. The molecule has 2 aromatic carbocycles. The number of hydrogen-bond acceptors (Lipinski definition) is 3. The van der Waals surface area contributed by atoms with Crippen LogP contribution in [0.3, 0.4) is 0 Å². The predicted molar refractivity (Wildman–Crippen MR) is 102 cm³/mol. The first-order valence-corrected chi connectivity index (χ1v) is 9.19. The van der Waals surface area contributed by atoms with Gasteiger partial charge in [-0.3, -0.25) is 9.59 Å². The van der Waals surface area contributed by atoms with Gasteiger partial charge in [0.25, 0.3) is 11.8 Å². The molecule has 7 heteroatoms. The van der Waals surface area contributed by atoms with Crippen molar-refractivity contribution >= 4 is 29.1 Å². The molecule has 2 aliphatic rings. The minimum atomic E-state index is -0.584. The van der Waals surface area contributed by atoms with E-state index >= 15 is 0 Å². The molecular formula is C20H19ClFN3O2. The second kappa shape index (κ2) is 6.53. The van der Waals surface area contributed by atoms with Crippen LogP contribution in [0, 0.1) is 5.82 Å². The third kappa shape index (κ3) is 2.94. The van der Waals surface area contributed by atoms with Crippen LogP contribution in [-0.4, -0.2) is 42.5 Å². The monoisotopic (exact) mass is 387 g/mol. The molecule has 2 heterocycles. The average molecular weight is 388 g/mol. The van der Waals surface area contributed by atoms with Crippen molar-refractivity contribution < 1.29 is 14.0 Å². The minimum Gasteiger partial charge on any atom is -0.351 e. The van der Waals surface area contributed by atoms with Crippen LogP contribution in [0.15, 0.2) is 42.5 Å². The molecule has 1 N–H and O–H groups in total. The van der Waals surface area contributed by atoms with Crippen LogP contribution >= 0.6 is 11.6 Å². The first kappa shape index (κ1) is 17.8. The fourth-order valence-corrected chi connectivity index (χ4v) is 4.14. The highest BCUT2D eigenvalue weighted by molar-refractivity contribution is 6.33. The molecule has 2 aromatic rings. The van der Waals surface area contributed by atoms with Gasteiger partial charge in [-0.15, -0.1) is 0 Å². The first-order valence-electron chi connectivity index (χ1n) is 8.81. The van der Waals surface area contributed by atoms with Gasteiger partial charge in [-0.25, -0.2) is 4.39 Å². The molecule has 1 spiro atoms. The lowest BCUT2D eigenvalue weighted by Gasteiger charge is -2.51. The van der Waals surface area contributed by atoms with Gasteiger partial charge < -0.3 is 15.1 Å². The number of benzene rings is 2. The number of carbonyl (C=O) groups excluding carboxylic acids is 2. The molecule has 0 unspecified atom stereocenters. The lowest BCUT2D eigenvalue weighted by Crippen LogP contribution is -2.67. The largest absolute Gasteiger partial charge is 0.351 e. The van der Waals surface area contributed by atoms with Crippen molar-refractivity contribution in [2.24, 2.45) is 0 Å². The Hall–Kier alpha value is -2.60. The van der Waals surface area contributed by atoms with Gasteiger partial charge in [-0.05, 0) is 30.3 Å². The highest BCUT2D eigenvalue weighted by Gasteiger charge is 2.45. The second-order valence-electron chi connectivity index (χ2n) is 6.98. The zero-order chi connectivity index (χ0) is 19.2. The number of rotatable bonds is 1. The van der Waals surface area contributed by atoms with E-state index in [0.717, 1.165) is 0 Å². The van der Waals surface area contributed by atoms with Crippen molar-refractivity contribution in [1.82, 2.24) is 10.2 Å². The van der Waals surface area contributed by atoms with Crippen LogP contribution in [0.4, 0.5) is 10.1 Å². The SMILES string of the molecule is CN1c2ccc(F)cc2C(=O)NC12CCN(C(=O)c1ccccc1Cl)CC2. The predicted octanol–water partition coefficient (Wildman–Crippen LogP) is 3.29. The highest BCUT2D eigenvalue weighted by Crippen LogP contribution is 2.36. The Bertz CT molecular complexity index is 925. The topological polar surface area (TPSA) is 52.7 Å². The molecule has 0 aliphatic carbocycles. The van der Waals surface area contributed by atoms with E-state index in [4.69, 9.17) is 11.6 Å². The lowest BCUT2D eigenvalue weighted by molar-refractivity contribution is 0.0609. The summed E-state index contributed by atoms with van der Waals surface area (Å²) in [7, 11) is 1.89. The van der Waals surface area contributed by atoms with Crippen molar-refractivity contribution in [2.75, 3.05) is 25.0 Å². The van der Waals surface area contributed by atoms with Gasteiger partial charge in [0.1, 0.15) is 11.5 Å². The summed E-state index contributed by atoms with van der Waals surface area (Å²) in [6, 6.07) is 11.2. The van der Waals surface area contributed by atoms with Crippen LogP contribution < -0.4 is 10.2 Å². The molecular weight excluding hydrogens is 369 g/mol. The molecule has 2 aliphatic heterocycles. The first-order chi connectivity index (χ1) is 12.9. The summed E-state index contributed by atoms with van der Waals surface area (Å²) in [5.74, 6) is -0.829. The van der Waals surface area contributed by atoms with E-state index in [-0.39, 0.29) is 11.8 Å². The summed E-state index contributed by atoms with van der Waals surface area (Å²) in [6.45, 7) is 0.983. The van der Waals surface area contributed by atoms with Crippen LogP contribution in [-0.2, 0) is 0 Å². The number of anilines is 1. The number of fused-ring (bicyclic) bond motifs is 1. The number of halogens is 2. The van der Waals surface area contributed by atoms with Crippen molar-refractivity contribution in [1.29, 1.82) is 0 Å². The molecule has 0 saturated carbocycles. The van der Waals surface area contributed by atoms with Crippen LogP contribution in [0.5, 0.6) is 0 Å². The van der Waals surface area contributed by atoms with Crippen LogP contribution in [0.2, 0.25) is 5.02 Å². The molecule has 0 radical (unpaired) electrons. The van der Waals surface area contributed by atoms with E-state index < -0.39 is 11.5 Å². The Morgan fingerprint density at radius 2 is 1.89 bits per heavy atom. The lowest BCUT2D eigenvalue weighted by atomic mass is 9.90. The van der Waals surface area contributed by atoms with Crippen molar-refractivity contribution in [3.63, 3.8) is 0 Å². The third-order valence-electron chi connectivity index (χ3n) is 5.53. The van der Waals surface area contributed by atoms with E-state index in [1.165, 1.54) is 12.1 Å². The molecule has 0 aromatic heterocycles. The molecule has 27 heavy (non-hydrogen) atoms. The number of nitrogens with one attached hydrogen (secondary N) is 1. The highest BCUT2D eigenvalue weighted by atomic mass is 35.5. The number of amides is 2. The van der Waals surface area contributed by atoms with Gasteiger partial charge in [0.05, 0.1) is 21.8 Å². The van der Waals surface area contributed by atoms with Gasteiger partial charge >= 0.3 is 0 Å². The Labute approximate surface area is 161 Å². The van der Waals surface area contributed by atoms with Crippen molar-refractivity contribution in [3.8, 4) is 0 Å². The maximum absolute atomic E-state index is 13.5. The van der Waals surface area contributed by atoms with E-state index in [1.807, 2.05) is 11.9 Å². The second-order valence-corrected chi connectivity index (χ2v) is 7.39. The molecule has 1 fully saturated rings. The van der Waals surface area contributed by atoms with E-state index in [1.54, 1.807) is 35.2 Å². The molecule has 0 bridgehead atoms. The third-order valence-corrected chi connectivity index (χ3v) is 5.86. The Balaban J connectivity index is 1.55. The number of piperidine rings is 1. The van der Waals surface area contributed by atoms with Gasteiger partial charge in [0, 0.05) is 33.0 Å². The summed E-state index contributed by atoms with van der Waals surface area (Å²) >= 11 is 6.15. The van der Waals surface area contributed by atoms with Crippen molar-refractivity contribution in [2.45, 2.75) is 18.5 Å². The van der Waals surface area contributed by atoms with E-state index in [0.29, 0.717) is 47.8 Å². The van der Waals surface area contributed by atoms with Gasteiger partial charge in [-0.2, -0.15) is 0 Å². The van der Waals surface area contributed by atoms with Gasteiger partial charge in [0.15, 0.2) is 0 Å². The fraction of sp³-hybridized carbons (Fsp3) is 0.300. The summed E-state index contributed by atoms with van der Waals surface area (Å²) in [5.41, 5.74) is 0.930. The van der Waals surface area contributed by atoms with Crippen LogP contribution in [0.25, 0.3) is 0 Å². The normalized spacial score (nSPS) is 18.3. The zero-order valence-electron chi connectivity index (χ0n) is 14.8. The van der Waals surface area contributed by atoms with Crippen molar-refractivity contribution in [3.05, 3.63) is 64.4 Å². The quantitative estimate of drug-likeness (QED) is 0.817. The molecule has 0 atom stereocenters. The Morgan fingerprint density at radius 1 is 1.19 bits per heavy atom. The smallest absolute Gasteiger partial charge is 0.255 e. The molecule has 4 rings (SSSR count). The molecule has 2 amide bonds. The van der Waals surface area contributed by atoms with Gasteiger partial charge in [-0.1, -0.05) is 23.7 Å². The summed E-state index contributed by atoms with van der Waals surface area (Å²) in [4.78, 5) is 29.1. The number of nitrogens with zero attached hydrogens (tertiary/aromatic N) is 2. The Morgan fingerprint density at radius 3 is 2.59 bits per heavy atom. The van der Waals surface area contributed by atoms with Crippen LogP contribution in [0.1, 0.15) is 33.6 Å². The maximum Gasteiger partial charge on any atom is 0.255 e. The summed E-state index contributed by atoms with van der Waals surface area (Å²) in [5, 5.41) is 3.46.